The lowest BCUT2D eigenvalue weighted by atomic mass is 10.4. The summed E-state index contributed by atoms with van der Waals surface area (Å²) in [5.41, 5.74) is 3.66. The normalized spacial score (nSPS) is 7.86. The van der Waals surface area contributed by atoms with E-state index in [0.717, 1.165) is 6.42 Å². The van der Waals surface area contributed by atoms with Gasteiger partial charge in [0.05, 0.1) is 0 Å². The lowest BCUT2D eigenvalue weighted by molar-refractivity contribution is -0.426. The molecule has 0 heterocycles. The highest BCUT2D eigenvalue weighted by Gasteiger charge is 2.02. The Hall–Kier alpha value is -0.0400. The van der Waals surface area contributed by atoms with Crippen molar-refractivity contribution in [2.24, 2.45) is 0 Å². The van der Waals surface area contributed by atoms with Crippen molar-refractivity contribution in [3.63, 3.8) is 0 Å². The maximum absolute atomic E-state index is 10.5. The summed E-state index contributed by atoms with van der Waals surface area (Å²) < 4.78 is 0. The SMILES string of the molecule is C=CC(=O)NC([NH3+])CC.[Cl-].[Cl-].[Cl-].[NH4+].[NH4+]. The van der Waals surface area contributed by atoms with Gasteiger partial charge in [-0.05, 0) is 6.08 Å². The second kappa shape index (κ2) is 23.1. The summed E-state index contributed by atoms with van der Waals surface area (Å²) in [5, 5.41) is 2.61. The van der Waals surface area contributed by atoms with Crippen LogP contribution in [0.4, 0.5) is 0 Å². The summed E-state index contributed by atoms with van der Waals surface area (Å²) >= 11 is 0. The number of halogens is 3. The predicted molar refractivity (Wildman–Crippen MR) is 47.3 cm³/mol. The molecule has 1 unspecified atom stereocenters. The first-order chi connectivity index (χ1) is 4.20. The van der Waals surface area contributed by atoms with Crippen molar-refractivity contribution in [3.05, 3.63) is 12.7 Å². The number of quaternary nitrogens is 3. The van der Waals surface area contributed by atoms with Crippen LogP contribution in [0.5, 0.6) is 0 Å². The molecule has 1 atom stereocenters. The van der Waals surface area contributed by atoms with E-state index in [1.54, 1.807) is 0 Å². The molecule has 0 bridgehead atoms. The van der Waals surface area contributed by atoms with Crippen molar-refractivity contribution in [1.82, 2.24) is 17.6 Å². The van der Waals surface area contributed by atoms with Gasteiger partial charge < -0.3 is 60.6 Å². The highest BCUT2D eigenvalue weighted by molar-refractivity contribution is 5.86. The zero-order chi connectivity index (χ0) is 7.28. The molecule has 0 saturated heterocycles. The minimum absolute atomic E-state index is 0. The summed E-state index contributed by atoms with van der Waals surface area (Å²) in [4.78, 5) is 10.5. The van der Waals surface area contributed by atoms with E-state index in [9.17, 15) is 4.79 Å². The van der Waals surface area contributed by atoms with Gasteiger partial charge in [0.2, 0.25) is 5.91 Å². The largest absolute Gasteiger partial charge is 1.00 e. The fraction of sp³-hybridized carbons (Fsp3) is 0.500. The van der Waals surface area contributed by atoms with Crippen molar-refractivity contribution < 1.29 is 47.7 Å². The van der Waals surface area contributed by atoms with E-state index in [1.165, 1.54) is 6.08 Å². The van der Waals surface area contributed by atoms with Crippen molar-refractivity contribution >= 4 is 5.91 Å². The quantitative estimate of drug-likeness (QED) is 0.295. The summed E-state index contributed by atoms with van der Waals surface area (Å²) in [7, 11) is 0. The second-order valence-corrected chi connectivity index (χ2v) is 1.82. The van der Waals surface area contributed by atoms with Gasteiger partial charge in [0, 0.05) is 6.42 Å². The van der Waals surface area contributed by atoms with Gasteiger partial charge in [0.1, 0.15) is 0 Å². The molecule has 0 aromatic rings. The first-order valence-electron chi connectivity index (χ1n) is 2.96. The third-order valence-electron chi connectivity index (χ3n) is 1.02. The third-order valence-corrected chi connectivity index (χ3v) is 1.02. The van der Waals surface area contributed by atoms with Gasteiger partial charge >= 0.3 is 0 Å². The number of nitrogens with one attached hydrogen (secondary N) is 1. The van der Waals surface area contributed by atoms with Gasteiger partial charge in [-0.15, -0.1) is 0 Å². The van der Waals surface area contributed by atoms with Crippen LogP contribution in [-0.2, 0) is 4.79 Å². The molecular formula is C6H21Cl3N4O. The molecule has 0 fully saturated rings. The van der Waals surface area contributed by atoms with Gasteiger partial charge in [0.25, 0.3) is 0 Å². The molecule has 0 aliphatic heterocycles. The lowest BCUT2D eigenvalue weighted by Gasteiger charge is -2.04. The van der Waals surface area contributed by atoms with Gasteiger partial charge in [-0.1, -0.05) is 13.5 Å². The van der Waals surface area contributed by atoms with Crippen molar-refractivity contribution in [2.75, 3.05) is 0 Å². The van der Waals surface area contributed by atoms with E-state index in [-0.39, 0.29) is 61.6 Å². The number of rotatable bonds is 3. The fourth-order valence-corrected chi connectivity index (χ4v) is 0.362. The molecule has 12 N–H and O–H groups in total. The highest BCUT2D eigenvalue weighted by Crippen LogP contribution is 1.76. The lowest BCUT2D eigenvalue weighted by Crippen LogP contribution is -3.00. The molecule has 0 aromatic carbocycles. The van der Waals surface area contributed by atoms with Crippen LogP contribution < -0.4 is 60.6 Å². The smallest absolute Gasteiger partial charge is 0.247 e. The van der Waals surface area contributed by atoms with E-state index in [1.807, 2.05) is 6.92 Å². The molecule has 8 heteroatoms. The van der Waals surface area contributed by atoms with Crippen molar-refractivity contribution in [3.8, 4) is 0 Å². The van der Waals surface area contributed by atoms with E-state index >= 15 is 0 Å². The Kier molecular flexibility index (Phi) is 61.0. The summed E-state index contributed by atoms with van der Waals surface area (Å²) in [6.45, 7) is 5.27. The van der Waals surface area contributed by atoms with Crippen molar-refractivity contribution in [2.45, 2.75) is 19.5 Å². The third kappa shape index (κ3) is 22.7. The van der Waals surface area contributed by atoms with Crippen LogP contribution in [0.25, 0.3) is 0 Å². The average Bonchev–Trinajstić information content (AvgIpc) is 1.87. The van der Waals surface area contributed by atoms with Gasteiger partial charge in [-0.3, -0.25) is 4.79 Å². The summed E-state index contributed by atoms with van der Waals surface area (Å²) in [5.74, 6) is -0.156. The Morgan fingerprint density at radius 2 is 1.79 bits per heavy atom. The molecule has 0 aromatic heterocycles. The molecule has 0 aliphatic rings. The molecule has 0 rings (SSSR count). The Balaban J connectivity index is -0.0000000320. The van der Waals surface area contributed by atoms with Crippen molar-refractivity contribution in [1.29, 1.82) is 0 Å². The second-order valence-electron chi connectivity index (χ2n) is 1.82. The molecular weight excluding hydrogens is 250 g/mol. The van der Waals surface area contributed by atoms with E-state index in [2.05, 4.69) is 17.6 Å². The summed E-state index contributed by atoms with van der Waals surface area (Å²) in [6, 6.07) is 0. The standard InChI is InChI=1S/C6H12N2O.3ClH.2H3N/c1-3-5(7)8-6(9)4-2;;;;;/h4-5H,2-3,7H2,1H3,(H,8,9);3*1H;2*1H3. The number of carbonyl (C=O) groups excluding carboxylic acids is 1. The molecule has 0 aliphatic carbocycles. The number of carbonyl (C=O) groups is 1. The minimum atomic E-state index is -0.156. The summed E-state index contributed by atoms with van der Waals surface area (Å²) in [6.07, 6.45) is 2.10. The molecule has 5 nitrogen and oxygen atoms in total. The minimum Gasteiger partial charge on any atom is -1.00 e. The maximum Gasteiger partial charge on any atom is 0.247 e. The topological polar surface area (TPSA) is 130 Å². The number of hydrogen-bond donors (Lipinski definition) is 4. The van der Waals surface area contributed by atoms with E-state index in [4.69, 9.17) is 0 Å². The Labute approximate surface area is 104 Å². The highest BCUT2D eigenvalue weighted by atomic mass is 35.5. The van der Waals surface area contributed by atoms with Crippen LogP contribution in [0.15, 0.2) is 12.7 Å². The Morgan fingerprint density at radius 1 is 1.43 bits per heavy atom. The number of hydrogen-bond acceptors (Lipinski definition) is 1. The molecule has 0 radical (unpaired) electrons. The molecule has 14 heavy (non-hydrogen) atoms. The van der Waals surface area contributed by atoms with Crippen LogP contribution in [0, 0.1) is 0 Å². The zero-order valence-corrected chi connectivity index (χ0v) is 11.1. The predicted octanol–water partition coefficient (Wildman–Crippen LogP) is -8.97. The first kappa shape index (κ1) is 37.0. The Morgan fingerprint density at radius 3 is 2.00 bits per heavy atom. The fourth-order valence-electron chi connectivity index (χ4n) is 0.362. The van der Waals surface area contributed by atoms with Crippen LogP contribution in [-0.4, -0.2) is 12.1 Å². The van der Waals surface area contributed by atoms with Gasteiger partial charge in [-0.25, -0.2) is 0 Å². The van der Waals surface area contributed by atoms with Crippen LogP contribution in [0.3, 0.4) is 0 Å². The van der Waals surface area contributed by atoms with Crippen LogP contribution in [0.2, 0.25) is 0 Å². The monoisotopic (exact) mass is 270 g/mol. The van der Waals surface area contributed by atoms with Crippen LogP contribution >= 0.6 is 0 Å². The molecule has 92 valence electrons. The average molecular weight is 272 g/mol. The maximum atomic E-state index is 10.5. The zero-order valence-electron chi connectivity index (χ0n) is 8.82. The Bertz CT molecular complexity index is 126. The van der Waals surface area contributed by atoms with E-state index in [0.29, 0.717) is 0 Å². The molecule has 0 saturated carbocycles. The van der Waals surface area contributed by atoms with Gasteiger partial charge in [0.15, 0.2) is 6.17 Å². The molecule has 0 spiro atoms. The van der Waals surface area contributed by atoms with Crippen LogP contribution in [0.1, 0.15) is 13.3 Å². The molecule has 1 amide bonds. The first-order valence-corrected chi connectivity index (χ1v) is 2.96. The van der Waals surface area contributed by atoms with E-state index < -0.39 is 0 Å². The number of amides is 1. The van der Waals surface area contributed by atoms with Gasteiger partial charge in [-0.2, -0.15) is 0 Å².